The predicted molar refractivity (Wildman–Crippen MR) is 83.5 cm³/mol. The maximum absolute atomic E-state index is 12.0. The van der Waals surface area contributed by atoms with Crippen molar-refractivity contribution in [2.75, 3.05) is 6.54 Å². The summed E-state index contributed by atoms with van der Waals surface area (Å²) in [7, 11) is 0. The summed E-state index contributed by atoms with van der Waals surface area (Å²) in [5.74, 6) is -0.192. The quantitative estimate of drug-likeness (QED) is 0.771. The number of nitrogens with zero attached hydrogens (tertiary/aromatic N) is 1. The first-order chi connectivity index (χ1) is 9.32. The molecule has 2 rings (SSSR count). The number of hydrogen-bond acceptors (Lipinski definition) is 3. The molecule has 1 aromatic rings. The van der Waals surface area contributed by atoms with Crippen LogP contribution < -0.4 is 0 Å². The monoisotopic (exact) mass is 289 g/mol. The molecule has 0 atom stereocenters. The van der Waals surface area contributed by atoms with Gasteiger partial charge in [0.15, 0.2) is 0 Å². The van der Waals surface area contributed by atoms with E-state index in [0.29, 0.717) is 11.4 Å². The Morgan fingerprint density at radius 1 is 1.15 bits per heavy atom. The molecule has 1 aliphatic rings. The molecule has 0 N–H and O–H groups in total. The highest BCUT2D eigenvalue weighted by Gasteiger charge is 2.33. The molecule has 1 aliphatic heterocycles. The van der Waals surface area contributed by atoms with Crippen LogP contribution in [0.2, 0.25) is 0 Å². The summed E-state index contributed by atoms with van der Waals surface area (Å²) in [6, 6.07) is 8.10. The van der Waals surface area contributed by atoms with Crippen LogP contribution in [0.5, 0.6) is 0 Å². The second-order valence-electron chi connectivity index (χ2n) is 5.80. The van der Waals surface area contributed by atoms with Crippen molar-refractivity contribution in [1.29, 1.82) is 0 Å². The van der Waals surface area contributed by atoms with Gasteiger partial charge in [-0.15, -0.1) is 0 Å². The van der Waals surface area contributed by atoms with Gasteiger partial charge in [0, 0.05) is 6.54 Å². The number of hydrogen-bond donors (Lipinski definition) is 0. The van der Waals surface area contributed by atoms with Crippen molar-refractivity contribution in [2.24, 2.45) is 0 Å². The Bertz CT molecular complexity index is 567. The first kappa shape index (κ1) is 14.9. The van der Waals surface area contributed by atoms with E-state index in [0.717, 1.165) is 17.3 Å². The van der Waals surface area contributed by atoms with Crippen LogP contribution in [-0.2, 0) is 10.2 Å². The van der Waals surface area contributed by atoms with Gasteiger partial charge in [-0.2, -0.15) is 0 Å². The molecule has 0 aliphatic carbocycles. The number of thioether (sulfide) groups is 1. The summed E-state index contributed by atoms with van der Waals surface area (Å²) >= 11 is 1.01. The fraction of sp³-hybridized carbons (Fsp3) is 0.375. The molecule has 1 heterocycles. The lowest BCUT2D eigenvalue weighted by molar-refractivity contribution is -0.122. The molecule has 0 bridgehead atoms. The van der Waals surface area contributed by atoms with Crippen molar-refractivity contribution in [3.05, 3.63) is 40.3 Å². The molecule has 1 aromatic carbocycles. The zero-order chi connectivity index (χ0) is 14.9. The highest BCUT2D eigenvalue weighted by atomic mass is 32.2. The van der Waals surface area contributed by atoms with E-state index >= 15 is 0 Å². The van der Waals surface area contributed by atoms with E-state index in [1.807, 2.05) is 12.1 Å². The smallest absolute Gasteiger partial charge is 0.269 e. The van der Waals surface area contributed by atoms with Gasteiger partial charge in [-0.05, 0) is 41.3 Å². The second-order valence-corrected chi connectivity index (χ2v) is 6.79. The molecule has 20 heavy (non-hydrogen) atoms. The predicted octanol–water partition coefficient (Wildman–Crippen LogP) is 4.04. The summed E-state index contributed by atoms with van der Waals surface area (Å²) in [6.07, 6.45) is 1.78. The van der Waals surface area contributed by atoms with Crippen LogP contribution in [0.15, 0.2) is 29.2 Å². The topological polar surface area (TPSA) is 37.4 Å². The van der Waals surface area contributed by atoms with Crippen molar-refractivity contribution in [3.63, 3.8) is 0 Å². The fourth-order valence-corrected chi connectivity index (χ4v) is 2.91. The Labute approximate surface area is 124 Å². The van der Waals surface area contributed by atoms with Crippen LogP contribution in [0, 0.1) is 0 Å². The lowest BCUT2D eigenvalue weighted by Crippen LogP contribution is -2.27. The van der Waals surface area contributed by atoms with E-state index in [9.17, 15) is 9.59 Å². The Morgan fingerprint density at radius 2 is 1.75 bits per heavy atom. The minimum atomic E-state index is -0.192. The molecule has 0 unspecified atom stereocenters. The molecular formula is C16H19NO2S. The first-order valence-corrected chi connectivity index (χ1v) is 7.50. The second kappa shape index (κ2) is 5.44. The molecule has 1 fully saturated rings. The third-order valence-corrected chi connectivity index (χ3v) is 4.17. The van der Waals surface area contributed by atoms with E-state index in [1.54, 1.807) is 13.0 Å². The van der Waals surface area contributed by atoms with Crippen LogP contribution in [0.3, 0.4) is 0 Å². The third kappa shape index (κ3) is 2.96. The van der Waals surface area contributed by atoms with Crippen molar-refractivity contribution < 1.29 is 9.59 Å². The number of carbonyl (C=O) groups is 2. The minimum Gasteiger partial charge on any atom is -0.269 e. The largest absolute Gasteiger partial charge is 0.293 e. The fourth-order valence-electron chi connectivity index (χ4n) is 2.00. The van der Waals surface area contributed by atoms with Gasteiger partial charge in [-0.3, -0.25) is 14.5 Å². The van der Waals surface area contributed by atoms with E-state index in [1.165, 1.54) is 10.5 Å². The Kier molecular flexibility index (Phi) is 4.04. The van der Waals surface area contributed by atoms with Crippen molar-refractivity contribution >= 4 is 29.0 Å². The molecule has 3 nitrogen and oxygen atoms in total. The summed E-state index contributed by atoms with van der Waals surface area (Å²) in [4.78, 5) is 25.4. The lowest BCUT2D eigenvalue weighted by Gasteiger charge is -2.18. The molecule has 1 saturated heterocycles. The Morgan fingerprint density at radius 3 is 2.20 bits per heavy atom. The van der Waals surface area contributed by atoms with E-state index in [-0.39, 0.29) is 16.6 Å². The third-order valence-electron chi connectivity index (χ3n) is 3.26. The first-order valence-electron chi connectivity index (χ1n) is 6.69. The molecule has 106 valence electrons. The van der Waals surface area contributed by atoms with Crippen LogP contribution in [0.25, 0.3) is 6.08 Å². The molecular weight excluding hydrogens is 270 g/mol. The average Bonchev–Trinajstić information content (AvgIpc) is 2.63. The number of benzene rings is 1. The van der Waals surface area contributed by atoms with Crippen LogP contribution in [0.4, 0.5) is 4.79 Å². The number of likely N-dealkylation sites (N-methyl/N-ethyl adjacent to an activating group) is 1. The molecule has 2 amide bonds. The van der Waals surface area contributed by atoms with Crippen LogP contribution in [-0.4, -0.2) is 22.6 Å². The molecule has 0 radical (unpaired) electrons. The van der Waals surface area contributed by atoms with Crippen LogP contribution >= 0.6 is 11.8 Å². The van der Waals surface area contributed by atoms with Gasteiger partial charge >= 0.3 is 0 Å². The Balaban J connectivity index is 2.24. The van der Waals surface area contributed by atoms with Gasteiger partial charge in [0.25, 0.3) is 11.1 Å². The van der Waals surface area contributed by atoms with E-state index < -0.39 is 0 Å². The SMILES string of the molecule is CCN1C(=O)S/C(=C/c2ccc(C(C)(C)C)cc2)C1=O. The van der Waals surface area contributed by atoms with Crippen molar-refractivity contribution in [1.82, 2.24) is 4.90 Å². The standard InChI is InChI=1S/C16H19NO2S/c1-5-17-14(18)13(20-15(17)19)10-11-6-8-12(9-7-11)16(2,3)4/h6-10H,5H2,1-4H3/b13-10+. The highest BCUT2D eigenvalue weighted by Crippen LogP contribution is 2.32. The molecule has 4 heteroatoms. The number of carbonyl (C=O) groups excluding carboxylic acids is 2. The summed E-state index contributed by atoms with van der Waals surface area (Å²) in [6.45, 7) is 8.71. The molecule has 0 aromatic heterocycles. The minimum absolute atomic E-state index is 0.110. The van der Waals surface area contributed by atoms with E-state index in [2.05, 4.69) is 32.9 Å². The van der Waals surface area contributed by atoms with Gasteiger partial charge in [-0.1, -0.05) is 45.0 Å². The molecule has 0 spiro atoms. The number of amides is 2. The lowest BCUT2D eigenvalue weighted by atomic mass is 9.87. The van der Waals surface area contributed by atoms with Crippen molar-refractivity contribution in [2.45, 2.75) is 33.1 Å². The summed E-state index contributed by atoms with van der Waals surface area (Å²) in [5, 5.41) is -0.185. The van der Waals surface area contributed by atoms with Crippen molar-refractivity contribution in [3.8, 4) is 0 Å². The number of rotatable bonds is 2. The zero-order valence-electron chi connectivity index (χ0n) is 12.3. The normalized spacial score (nSPS) is 18.2. The highest BCUT2D eigenvalue weighted by molar-refractivity contribution is 8.18. The van der Waals surface area contributed by atoms with Gasteiger partial charge in [-0.25, -0.2) is 0 Å². The summed E-state index contributed by atoms with van der Waals surface area (Å²) < 4.78 is 0. The zero-order valence-corrected chi connectivity index (χ0v) is 13.1. The van der Waals surface area contributed by atoms with Gasteiger partial charge in [0.2, 0.25) is 0 Å². The average molecular weight is 289 g/mol. The molecule has 0 saturated carbocycles. The maximum atomic E-state index is 12.0. The maximum Gasteiger partial charge on any atom is 0.293 e. The van der Waals surface area contributed by atoms with Gasteiger partial charge < -0.3 is 0 Å². The van der Waals surface area contributed by atoms with Gasteiger partial charge in [0.1, 0.15) is 0 Å². The van der Waals surface area contributed by atoms with Gasteiger partial charge in [0.05, 0.1) is 4.91 Å². The number of imide groups is 1. The van der Waals surface area contributed by atoms with E-state index in [4.69, 9.17) is 0 Å². The summed E-state index contributed by atoms with van der Waals surface area (Å²) in [5.41, 5.74) is 2.30. The Hall–Kier alpha value is -1.55. The van der Waals surface area contributed by atoms with Crippen LogP contribution in [0.1, 0.15) is 38.8 Å².